The van der Waals surface area contributed by atoms with Crippen LogP contribution in [-0.2, 0) is 41.3 Å². The van der Waals surface area contributed by atoms with Crippen LogP contribution < -0.4 is 4.90 Å². The molecular formula is C31H43NO6. The lowest BCUT2D eigenvalue weighted by Gasteiger charge is -2.42. The smallest absolute Gasteiger partial charge is 0.230 e. The van der Waals surface area contributed by atoms with Gasteiger partial charge in [0, 0.05) is 32.4 Å². The van der Waals surface area contributed by atoms with Crippen LogP contribution in [0.1, 0.15) is 69.7 Å². The zero-order valence-electron chi connectivity index (χ0n) is 23.5. The highest BCUT2D eigenvalue weighted by Crippen LogP contribution is 2.39. The molecule has 208 valence electrons. The highest BCUT2D eigenvalue weighted by molar-refractivity contribution is 6.01. The number of carbonyl (C=O) groups excluding carboxylic acids is 1. The molecule has 0 saturated carbocycles. The van der Waals surface area contributed by atoms with Gasteiger partial charge in [-0.2, -0.15) is 0 Å². The molecule has 7 nitrogen and oxygen atoms in total. The second kappa shape index (κ2) is 12.7. The Labute approximate surface area is 227 Å². The van der Waals surface area contributed by atoms with Crippen molar-refractivity contribution >= 4 is 11.6 Å². The Bertz CT molecular complexity index is 1020. The maximum atomic E-state index is 12.6. The molecule has 0 aliphatic carbocycles. The lowest BCUT2D eigenvalue weighted by atomic mass is 9.90. The van der Waals surface area contributed by atoms with Gasteiger partial charge in [-0.25, -0.2) is 0 Å². The molecule has 0 N–H and O–H groups in total. The topological polar surface area (TPSA) is 66.5 Å². The molecule has 38 heavy (non-hydrogen) atoms. The summed E-state index contributed by atoms with van der Waals surface area (Å²) >= 11 is 0. The fourth-order valence-corrected chi connectivity index (χ4v) is 5.04. The van der Waals surface area contributed by atoms with E-state index in [1.54, 1.807) is 7.11 Å². The number of benzene rings is 2. The first-order valence-electron chi connectivity index (χ1n) is 13.8. The van der Waals surface area contributed by atoms with Crippen LogP contribution >= 0.6 is 0 Å². The summed E-state index contributed by atoms with van der Waals surface area (Å²) in [4.78, 5) is 14.5. The van der Waals surface area contributed by atoms with Gasteiger partial charge in [0.15, 0.2) is 12.1 Å². The van der Waals surface area contributed by atoms with Crippen molar-refractivity contribution in [3.63, 3.8) is 0 Å². The number of amides is 1. The predicted octanol–water partition coefficient (Wildman–Crippen LogP) is 5.60. The molecular weight excluding hydrogens is 482 g/mol. The summed E-state index contributed by atoms with van der Waals surface area (Å²) in [5.74, 6) is -0.409. The molecule has 0 aromatic heterocycles. The van der Waals surface area contributed by atoms with Gasteiger partial charge in [0.1, 0.15) is 5.60 Å². The fourth-order valence-electron chi connectivity index (χ4n) is 5.04. The number of nitrogens with zero attached hydrogens (tertiary/aromatic N) is 1. The van der Waals surface area contributed by atoms with Crippen molar-refractivity contribution in [3.8, 4) is 0 Å². The second-order valence-electron chi connectivity index (χ2n) is 10.6. The zero-order valence-corrected chi connectivity index (χ0v) is 23.5. The number of carbonyl (C=O) groups is 1. The average Bonchev–Trinajstić information content (AvgIpc) is 2.91. The highest BCUT2D eigenvalue weighted by Gasteiger charge is 2.40. The Morgan fingerprint density at radius 2 is 1.50 bits per heavy atom. The van der Waals surface area contributed by atoms with E-state index < -0.39 is 11.4 Å². The van der Waals surface area contributed by atoms with Crippen LogP contribution in [0.15, 0.2) is 48.5 Å². The molecule has 7 heteroatoms. The van der Waals surface area contributed by atoms with Gasteiger partial charge >= 0.3 is 0 Å². The first kappa shape index (κ1) is 28.7. The van der Waals surface area contributed by atoms with Crippen LogP contribution in [0, 0.1) is 0 Å². The molecule has 2 aromatic rings. The van der Waals surface area contributed by atoms with E-state index in [4.69, 9.17) is 23.7 Å². The molecule has 4 rings (SSSR count). The lowest BCUT2D eigenvalue weighted by Crippen LogP contribution is -2.52. The van der Waals surface area contributed by atoms with Crippen molar-refractivity contribution in [2.75, 3.05) is 38.4 Å². The number of hydrogen-bond acceptors (Lipinski definition) is 6. The highest BCUT2D eigenvalue weighted by atomic mass is 16.7. The monoisotopic (exact) mass is 525 g/mol. The van der Waals surface area contributed by atoms with Crippen molar-refractivity contribution < 1.29 is 28.5 Å². The Hall–Kier alpha value is -2.29. The molecule has 2 saturated heterocycles. The Balaban J connectivity index is 1.33. The van der Waals surface area contributed by atoms with Gasteiger partial charge in [0.2, 0.25) is 5.91 Å². The summed E-state index contributed by atoms with van der Waals surface area (Å²) in [7, 11) is 1.72. The quantitative estimate of drug-likeness (QED) is 0.251. The Morgan fingerprint density at radius 1 is 0.921 bits per heavy atom. The van der Waals surface area contributed by atoms with E-state index in [1.165, 1.54) is 11.1 Å². The summed E-state index contributed by atoms with van der Waals surface area (Å²) in [5, 5.41) is 0. The number of ether oxygens (including phenoxy) is 5. The normalized spacial score (nSPS) is 20.5. The molecule has 2 heterocycles. The molecule has 2 fully saturated rings. The van der Waals surface area contributed by atoms with E-state index in [-0.39, 0.29) is 18.2 Å². The van der Waals surface area contributed by atoms with Crippen molar-refractivity contribution in [3.05, 3.63) is 65.2 Å². The fraction of sp³-hybridized carbons (Fsp3) is 0.581. The summed E-state index contributed by atoms with van der Waals surface area (Å²) in [5.41, 5.74) is 4.10. The summed E-state index contributed by atoms with van der Waals surface area (Å²) in [6.07, 6.45) is 3.71. The van der Waals surface area contributed by atoms with Crippen molar-refractivity contribution in [2.24, 2.45) is 0 Å². The van der Waals surface area contributed by atoms with Crippen molar-refractivity contribution in [1.29, 1.82) is 0 Å². The Morgan fingerprint density at radius 3 is 2.05 bits per heavy atom. The summed E-state index contributed by atoms with van der Waals surface area (Å²) < 4.78 is 28.8. The van der Waals surface area contributed by atoms with E-state index in [2.05, 4.69) is 36.4 Å². The van der Waals surface area contributed by atoms with Gasteiger partial charge in [0.05, 0.1) is 25.7 Å². The van der Waals surface area contributed by atoms with Gasteiger partial charge in [-0.15, -0.1) is 0 Å². The van der Waals surface area contributed by atoms with Gasteiger partial charge in [-0.3, -0.25) is 4.79 Å². The number of methoxy groups -OCH3 is 1. The minimum atomic E-state index is -0.563. The zero-order chi connectivity index (χ0) is 27.2. The lowest BCUT2D eigenvalue weighted by molar-refractivity contribution is -0.307. The molecule has 1 atom stereocenters. The van der Waals surface area contributed by atoms with Gasteiger partial charge in [0.25, 0.3) is 0 Å². The van der Waals surface area contributed by atoms with Crippen LogP contribution in [0.2, 0.25) is 0 Å². The SMILES string of the molecule is CCOC(CCc1ccc(N2C(=O)CC2c2ccc(CCC3(OC)COC(C)(C)OC3)cc2)cc1)OCC. The van der Waals surface area contributed by atoms with Crippen LogP contribution in [0.3, 0.4) is 0 Å². The summed E-state index contributed by atoms with van der Waals surface area (Å²) in [6, 6.07) is 17.0. The van der Waals surface area contributed by atoms with Gasteiger partial charge in [-0.05, 0) is 75.8 Å². The largest absolute Gasteiger partial charge is 0.373 e. The molecule has 0 bridgehead atoms. The van der Waals surface area contributed by atoms with E-state index in [0.717, 1.165) is 36.9 Å². The third-order valence-corrected chi connectivity index (χ3v) is 7.57. The first-order valence-corrected chi connectivity index (χ1v) is 13.8. The number of rotatable bonds is 13. The van der Waals surface area contributed by atoms with E-state index in [0.29, 0.717) is 32.8 Å². The minimum Gasteiger partial charge on any atom is -0.373 e. The first-order chi connectivity index (χ1) is 18.3. The molecule has 2 aromatic carbocycles. The van der Waals surface area contributed by atoms with Gasteiger partial charge < -0.3 is 28.6 Å². The molecule has 2 aliphatic heterocycles. The van der Waals surface area contributed by atoms with E-state index >= 15 is 0 Å². The standard InChI is InChI=1S/C31H43NO6/c1-6-35-29(36-7-2)17-12-23-10-15-26(16-11-23)32-27(20-28(32)33)25-13-8-24(9-14-25)18-19-31(34-5)21-37-30(3,4)38-22-31/h8-11,13-16,27,29H,6-7,12,17-22H2,1-5H3. The second-order valence-corrected chi connectivity index (χ2v) is 10.6. The molecule has 0 radical (unpaired) electrons. The average molecular weight is 526 g/mol. The third-order valence-electron chi connectivity index (χ3n) is 7.57. The Kier molecular flexibility index (Phi) is 9.60. The minimum absolute atomic E-state index is 0.0652. The van der Waals surface area contributed by atoms with Gasteiger partial charge in [-0.1, -0.05) is 36.4 Å². The van der Waals surface area contributed by atoms with Crippen LogP contribution in [-0.4, -0.2) is 57.1 Å². The summed E-state index contributed by atoms with van der Waals surface area (Å²) in [6.45, 7) is 10.1. The molecule has 1 unspecified atom stereocenters. The maximum Gasteiger partial charge on any atom is 0.230 e. The van der Waals surface area contributed by atoms with Crippen LogP contribution in [0.4, 0.5) is 5.69 Å². The van der Waals surface area contributed by atoms with Crippen molar-refractivity contribution in [2.45, 2.75) is 83.5 Å². The third kappa shape index (κ3) is 7.01. The van der Waals surface area contributed by atoms with E-state index in [9.17, 15) is 4.79 Å². The number of β-lactam (4-membered cyclic amide) rings is 1. The number of aryl methyl sites for hydroxylation is 2. The van der Waals surface area contributed by atoms with E-state index in [1.807, 2.05) is 44.7 Å². The number of hydrogen-bond donors (Lipinski definition) is 0. The molecule has 2 aliphatic rings. The van der Waals surface area contributed by atoms with Crippen LogP contribution in [0.5, 0.6) is 0 Å². The predicted molar refractivity (Wildman–Crippen MR) is 147 cm³/mol. The molecule has 0 spiro atoms. The molecule has 1 amide bonds. The van der Waals surface area contributed by atoms with Crippen LogP contribution in [0.25, 0.3) is 0 Å². The number of anilines is 1. The maximum absolute atomic E-state index is 12.6. The van der Waals surface area contributed by atoms with Crippen molar-refractivity contribution in [1.82, 2.24) is 0 Å².